The first-order valence-electron chi connectivity index (χ1n) is 5.68. The molecule has 2 rings (SSSR count). The van der Waals surface area contributed by atoms with Crippen LogP contribution in [-0.4, -0.2) is 63.5 Å². The number of aromatic nitrogens is 3. The van der Waals surface area contributed by atoms with Crippen LogP contribution in [0.2, 0.25) is 0 Å². The van der Waals surface area contributed by atoms with E-state index in [0.29, 0.717) is 19.7 Å². The number of likely N-dealkylation sites (tertiary alicyclic amines) is 1. The summed E-state index contributed by atoms with van der Waals surface area (Å²) in [5.74, 6) is 0.155. The third-order valence-corrected chi connectivity index (χ3v) is 2.79. The summed E-state index contributed by atoms with van der Waals surface area (Å²) in [6.45, 7) is 1.70. The summed E-state index contributed by atoms with van der Waals surface area (Å²) in [6.07, 6.45) is 3.05. The van der Waals surface area contributed by atoms with Gasteiger partial charge in [-0.25, -0.2) is 4.98 Å². The van der Waals surface area contributed by atoms with E-state index < -0.39 is 0 Å². The Hall–Kier alpha value is -1.47. The number of carbonyl (C=O) groups excluding carboxylic acids is 1. The molecular formula is C10H16N4O3. The highest BCUT2D eigenvalue weighted by molar-refractivity contribution is 5.90. The third kappa shape index (κ3) is 3.01. The molecule has 1 aliphatic heterocycles. The van der Waals surface area contributed by atoms with Gasteiger partial charge in [-0.3, -0.25) is 9.89 Å². The number of amides is 1. The number of nitrogens with one attached hydrogen (secondary N) is 1. The Labute approximate surface area is 98.8 Å². The molecule has 0 atom stereocenters. The summed E-state index contributed by atoms with van der Waals surface area (Å²) in [7, 11) is 0. The molecule has 0 unspecified atom stereocenters. The van der Waals surface area contributed by atoms with Crippen molar-refractivity contribution in [1.29, 1.82) is 0 Å². The molecule has 2 N–H and O–H groups in total. The second-order valence-electron chi connectivity index (χ2n) is 3.92. The summed E-state index contributed by atoms with van der Waals surface area (Å²) in [6, 6.07) is 0. The van der Waals surface area contributed by atoms with Crippen LogP contribution in [0.4, 0.5) is 0 Å². The fourth-order valence-corrected chi connectivity index (χ4v) is 1.90. The zero-order valence-electron chi connectivity index (χ0n) is 9.50. The molecule has 2 heterocycles. The Morgan fingerprint density at radius 2 is 2.35 bits per heavy atom. The number of hydrogen-bond acceptors (Lipinski definition) is 5. The smallest absolute Gasteiger partial charge is 0.291 e. The largest absolute Gasteiger partial charge is 0.394 e. The molecule has 0 spiro atoms. The molecule has 1 aromatic rings. The van der Waals surface area contributed by atoms with Crippen molar-refractivity contribution in [2.45, 2.75) is 18.9 Å². The van der Waals surface area contributed by atoms with Crippen LogP contribution in [0.25, 0.3) is 0 Å². The monoisotopic (exact) mass is 240 g/mol. The molecule has 17 heavy (non-hydrogen) atoms. The lowest BCUT2D eigenvalue weighted by atomic mass is 10.1. The lowest BCUT2D eigenvalue weighted by molar-refractivity contribution is -0.00575. The first-order chi connectivity index (χ1) is 8.31. The van der Waals surface area contributed by atoms with Crippen LogP contribution in [0.15, 0.2) is 6.33 Å². The van der Waals surface area contributed by atoms with Crippen molar-refractivity contribution in [3.63, 3.8) is 0 Å². The average Bonchev–Trinajstić information content (AvgIpc) is 2.90. The van der Waals surface area contributed by atoms with Crippen LogP contribution < -0.4 is 0 Å². The first-order valence-corrected chi connectivity index (χ1v) is 5.68. The van der Waals surface area contributed by atoms with Gasteiger partial charge in [0, 0.05) is 13.1 Å². The second kappa shape index (κ2) is 5.74. The molecule has 0 aliphatic carbocycles. The standard InChI is InChI=1S/C10H16N4O3/c15-5-6-17-8-1-3-14(4-2-8)10(16)9-11-7-12-13-9/h7-8,15H,1-6H2,(H,11,12,13). The normalized spacial score (nSPS) is 17.4. The molecule has 94 valence electrons. The minimum absolute atomic E-state index is 0.0389. The van der Waals surface area contributed by atoms with Crippen LogP contribution in [0.5, 0.6) is 0 Å². The Morgan fingerprint density at radius 1 is 1.59 bits per heavy atom. The quantitative estimate of drug-likeness (QED) is 0.734. The number of ether oxygens (including phenoxy) is 1. The predicted molar refractivity (Wildman–Crippen MR) is 58.3 cm³/mol. The van der Waals surface area contributed by atoms with Crippen molar-refractivity contribution in [2.75, 3.05) is 26.3 Å². The van der Waals surface area contributed by atoms with E-state index in [-0.39, 0.29) is 24.4 Å². The number of hydrogen-bond donors (Lipinski definition) is 2. The Bertz CT molecular complexity index is 346. The number of aliphatic hydroxyl groups excluding tert-OH is 1. The van der Waals surface area contributed by atoms with Gasteiger partial charge in [-0.05, 0) is 12.8 Å². The molecule has 0 bridgehead atoms. The SMILES string of the molecule is O=C(c1ncn[nH]1)N1CCC(OCCO)CC1. The third-order valence-electron chi connectivity index (χ3n) is 2.79. The molecule has 1 amide bonds. The van der Waals surface area contributed by atoms with E-state index in [2.05, 4.69) is 15.2 Å². The summed E-state index contributed by atoms with van der Waals surface area (Å²) in [4.78, 5) is 17.5. The lowest BCUT2D eigenvalue weighted by Crippen LogP contribution is -2.41. The minimum Gasteiger partial charge on any atom is -0.394 e. The van der Waals surface area contributed by atoms with Gasteiger partial charge in [0.05, 0.1) is 19.3 Å². The van der Waals surface area contributed by atoms with Crippen molar-refractivity contribution in [2.24, 2.45) is 0 Å². The van der Waals surface area contributed by atoms with Gasteiger partial charge in [0.25, 0.3) is 5.91 Å². The van der Waals surface area contributed by atoms with Crippen LogP contribution in [0.1, 0.15) is 23.5 Å². The van der Waals surface area contributed by atoms with E-state index >= 15 is 0 Å². The average molecular weight is 240 g/mol. The number of piperidine rings is 1. The lowest BCUT2D eigenvalue weighted by Gasteiger charge is -2.31. The van der Waals surface area contributed by atoms with Crippen molar-refractivity contribution in [3.8, 4) is 0 Å². The van der Waals surface area contributed by atoms with Gasteiger partial charge in [0.15, 0.2) is 0 Å². The number of aromatic amines is 1. The van der Waals surface area contributed by atoms with E-state index in [1.807, 2.05) is 0 Å². The fourth-order valence-electron chi connectivity index (χ4n) is 1.90. The zero-order valence-corrected chi connectivity index (χ0v) is 9.50. The van der Waals surface area contributed by atoms with Crippen molar-refractivity contribution in [3.05, 3.63) is 12.2 Å². The molecule has 1 saturated heterocycles. The van der Waals surface area contributed by atoms with Gasteiger partial charge in [-0.15, -0.1) is 0 Å². The van der Waals surface area contributed by atoms with E-state index in [0.717, 1.165) is 12.8 Å². The number of H-pyrrole nitrogens is 1. The van der Waals surface area contributed by atoms with Gasteiger partial charge in [-0.1, -0.05) is 0 Å². The summed E-state index contributed by atoms with van der Waals surface area (Å²) in [5, 5.41) is 14.9. The first kappa shape index (κ1) is 12.0. The second-order valence-corrected chi connectivity index (χ2v) is 3.92. The maximum atomic E-state index is 11.9. The molecule has 1 aromatic heterocycles. The van der Waals surface area contributed by atoms with E-state index in [1.165, 1.54) is 6.33 Å². The minimum atomic E-state index is -0.122. The Balaban J connectivity index is 1.81. The number of rotatable bonds is 4. The number of carbonyl (C=O) groups is 1. The molecule has 1 fully saturated rings. The molecule has 7 nitrogen and oxygen atoms in total. The van der Waals surface area contributed by atoms with Crippen molar-refractivity contribution < 1.29 is 14.6 Å². The highest BCUT2D eigenvalue weighted by atomic mass is 16.5. The molecule has 7 heteroatoms. The van der Waals surface area contributed by atoms with Crippen molar-refractivity contribution >= 4 is 5.91 Å². The predicted octanol–water partition coefficient (Wildman–Crippen LogP) is -0.582. The molecule has 0 radical (unpaired) electrons. The van der Waals surface area contributed by atoms with Gasteiger partial charge in [-0.2, -0.15) is 5.10 Å². The zero-order chi connectivity index (χ0) is 12.1. The molecule has 0 aromatic carbocycles. The number of nitrogens with zero attached hydrogens (tertiary/aromatic N) is 3. The van der Waals surface area contributed by atoms with Crippen LogP contribution in [-0.2, 0) is 4.74 Å². The molecule has 0 saturated carbocycles. The summed E-state index contributed by atoms with van der Waals surface area (Å²) in [5.41, 5.74) is 0. The maximum absolute atomic E-state index is 11.9. The Kier molecular flexibility index (Phi) is 4.05. The van der Waals surface area contributed by atoms with Crippen LogP contribution in [0, 0.1) is 0 Å². The maximum Gasteiger partial charge on any atom is 0.291 e. The summed E-state index contributed by atoms with van der Waals surface area (Å²) < 4.78 is 5.43. The van der Waals surface area contributed by atoms with Crippen LogP contribution in [0.3, 0.4) is 0 Å². The topological polar surface area (TPSA) is 91.3 Å². The fraction of sp³-hybridized carbons (Fsp3) is 0.700. The van der Waals surface area contributed by atoms with Gasteiger partial charge >= 0.3 is 0 Å². The Morgan fingerprint density at radius 3 is 2.94 bits per heavy atom. The molecular weight excluding hydrogens is 224 g/mol. The van der Waals surface area contributed by atoms with Gasteiger partial charge in [0.2, 0.25) is 5.82 Å². The summed E-state index contributed by atoms with van der Waals surface area (Å²) >= 11 is 0. The highest BCUT2D eigenvalue weighted by Gasteiger charge is 2.25. The van der Waals surface area contributed by atoms with E-state index in [1.54, 1.807) is 4.90 Å². The van der Waals surface area contributed by atoms with Crippen molar-refractivity contribution in [1.82, 2.24) is 20.1 Å². The van der Waals surface area contributed by atoms with E-state index in [4.69, 9.17) is 9.84 Å². The highest BCUT2D eigenvalue weighted by Crippen LogP contribution is 2.14. The number of aliphatic hydroxyl groups is 1. The molecule has 1 aliphatic rings. The van der Waals surface area contributed by atoms with E-state index in [9.17, 15) is 4.79 Å². The van der Waals surface area contributed by atoms with Crippen LogP contribution >= 0.6 is 0 Å². The van der Waals surface area contributed by atoms with Gasteiger partial charge < -0.3 is 14.7 Å². The van der Waals surface area contributed by atoms with Gasteiger partial charge in [0.1, 0.15) is 6.33 Å².